The molecule has 0 amide bonds. The number of nitrogens with zero attached hydrogens (tertiary/aromatic N) is 1. The Kier molecular flexibility index (Phi) is 3.94. The summed E-state index contributed by atoms with van der Waals surface area (Å²) >= 11 is 1.41. The van der Waals surface area contributed by atoms with Crippen LogP contribution in [0.25, 0.3) is 10.4 Å². The van der Waals surface area contributed by atoms with Crippen molar-refractivity contribution in [1.29, 1.82) is 0 Å². The van der Waals surface area contributed by atoms with Crippen molar-refractivity contribution in [3.05, 3.63) is 35.5 Å². The summed E-state index contributed by atoms with van der Waals surface area (Å²) in [5, 5.41) is 0. The summed E-state index contributed by atoms with van der Waals surface area (Å²) in [5.74, 6) is 0.354. The van der Waals surface area contributed by atoms with Crippen LogP contribution in [-0.4, -0.2) is 24.7 Å². The number of carbonyl (C=O) groups excluding carboxylic acids is 1. The number of carbonyl (C=O) groups is 1. The molecular formula is C13H13NO3S. The molecule has 1 heterocycles. The monoisotopic (exact) mass is 263 g/mol. The molecule has 0 fully saturated rings. The summed E-state index contributed by atoms with van der Waals surface area (Å²) < 4.78 is 10.1. The van der Waals surface area contributed by atoms with Gasteiger partial charge in [-0.2, -0.15) is 0 Å². The molecule has 2 rings (SSSR count). The maximum Gasteiger partial charge on any atom is 0.358 e. The van der Waals surface area contributed by atoms with E-state index in [9.17, 15) is 4.79 Å². The molecule has 0 unspecified atom stereocenters. The van der Waals surface area contributed by atoms with Crippen molar-refractivity contribution in [3.8, 4) is 16.2 Å². The zero-order chi connectivity index (χ0) is 13.0. The average Bonchev–Trinajstić information content (AvgIpc) is 2.88. The fourth-order valence-electron chi connectivity index (χ4n) is 1.56. The van der Waals surface area contributed by atoms with Crippen LogP contribution in [0.4, 0.5) is 0 Å². The normalized spacial score (nSPS) is 10.1. The number of hydrogen-bond donors (Lipinski definition) is 0. The van der Waals surface area contributed by atoms with E-state index >= 15 is 0 Å². The summed E-state index contributed by atoms with van der Waals surface area (Å²) in [6.07, 6.45) is 0. The van der Waals surface area contributed by atoms with Gasteiger partial charge in [-0.1, -0.05) is 12.1 Å². The highest BCUT2D eigenvalue weighted by Gasteiger charge is 2.17. The van der Waals surface area contributed by atoms with E-state index in [-0.39, 0.29) is 0 Å². The number of benzene rings is 1. The molecule has 2 aromatic rings. The lowest BCUT2D eigenvalue weighted by molar-refractivity contribution is 0.0521. The van der Waals surface area contributed by atoms with E-state index in [1.807, 2.05) is 24.3 Å². The van der Waals surface area contributed by atoms with Crippen LogP contribution in [0.15, 0.2) is 29.8 Å². The summed E-state index contributed by atoms with van der Waals surface area (Å²) in [7, 11) is 1.61. The average molecular weight is 263 g/mol. The quantitative estimate of drug-likeness (QED) is 0.796. The minimum Gasteiger partial charge on any atom is -0.497 e. The maximum absolute atomic E-state index is 11.7. The van der Waals surface area contributed by atoms with E-state index in [1.54, 1.807) is 19.5 Å². The van der Waals surface area contributed by atoms with E-state index in [4.69, 9.17) is 9.47 Å². The third kappa shape index (κ3) is 2.51. The van der Waals surface area contributed by atoms with Crippen LogP contribution in [0.5, 0.6) is 5.75 Å². The van der Waals surface area contributed by atoms with Crippen molar-refractivity contribution >= 4 is 17.3 Å². The minimum atomic E-state index is -0.392. The predicted molar refractivity (Wildman–Crippen MR) is 70.1 cm³/mol. The van der Waals surface area contributed by atoms with Crippen molar-refractivity contribution < 1.29 is 14.3 Å². The van der Waals surface area contributed by atoms with Crippen LogP contribution < -0.4 is 4.74 Å². The Morgan fingerprint density at radius 2 is 2.28 bits per heavy atom. The molecule has 0 radical (unpaired) electrons. The second kappa shape index (κ2) is 5.64. The first kappa shape index (κ1) is 12.6. The van der Waals surface area contributed by atoms with Gasteiger partial charge in [-0.15, -0.1) is 11.3 Å². The number of rotatable bonds is 4. The van der Waals surface area contributed by atoms with E-state index in [0.29, 0.717) is 12.3 Å². The van der Waals surface area contributed by atoms with Crippen molar-refractivity contribution in [3.63, 3.8) is 0 Å². The SMILES string of the molecule is CCOC(=O)c1ncsc1-c1cccc(OC)c1. The van der Waals surface area contributed by atoms with Crippen molar-refractivity contribution in [2.75, 3.05) is 13.7 Å². The molecule has 1 aromatic heterocycles. The fourth-order valence-corrected chi connectivity index (χ4v) is 2.33. The van der Waals surface area contributed by atoms with Gasteiger partial charge in [0.2, 0.25) is 0 Å². The van der Waals surface area contributed by atoms with Gasteiger partial charge in [-0.3, -0.25) is 0 Å². The van der Waals surface area contributed by atoms with Gasteiger partial charge >= 0.3 is 5.97 Å². The second-order valence-corrected chi connectivity index (χ2v) is 4.34. The molecule has 0 aliphatic heterocycles. The zero-order valence-electron chi connectivity index (χ0n) is 10.2. The molecule has 0 atom stereocenters. The highest BCUT2D eigenvalue weighted by Crippen LogP contribution is 2.30. The highest BCUT2D eigenvalue weighted by atomic mass is 32.1. The second-order valence-electron chi connectivity index (χ2n) is 3.48. The molecular weight excluding hydrogens is 250 g/mol. The first-order valence-electron chi connectivity index (χ1n) is 5.51. The van der Waals surface area contributed by atoms with Crippen molar-refractivity contribution in [1.82, 2.24) is 4.98 Å². The number of ether oxygens (including phenoxy) is 2. The van der Waals surface area contributed by atoms with Gasteiger partial charge in [-0.25, -0.2) is 9.78 Å². The van der Waals surface area contributed by atoms with Crippen LogP contribution in [0, 0.1) is 0 Å². The Hall–Kier alpha value is -1.88. The highest BCUT2D eigenvalue weighted by molar-refractivity contribution is 7.13. The third-order valence-corrected chi connectivity index (χ3v) is 3.24. The Morgan fingerprint density at radius 1 is 1.44 bits per heavy atom. The van der Waals surface area contributed by atoms with E-state index in [0.717, 1.165) is 16.2 Å². The number of esters is 1. The summed E-state index contributed by atoms with van der Waals surface area (Å²) in [6.45, 7) is 2.11. The molecule has 0 spiro atoms. The molecule has 0 aliphatic carbocycles. The molecule has 94 valence electrons. The lowest BCUT2D eigenvalue weighted by Gasteiger charge is -2.04. The van der Waals surface area contributed by atoms with E-state index in [1.165, 1.54) is 11.3 Å². The number of hydrogen-bond acceptors (Lipinski definition) is 5. The Bertz CT molecular complexity index is 551. The molecule has 0 N–H and O–H groups in total. The Balaban J connectivity index is 2.38. The van der Waals surface area contributed by atoms with Crippen LogP contribution in [-0.2, 0) is 4.74 Å². The van der Waals surface area contributed by atoms with Crippen LogP contribution >= 0.6 is 11.3 Å². The number of methoxy groups -OCH3 is 1. The summed E-state index contributed by atoms with van der Waals surface area (Å²) in [5.41, 5.74) is 2.90. The van der Waals surface area contributed by atoms with E-state index in [2.05, 4.69) is 4.98 Å². The van der Waals surface area contributed by atoms with Crippen molar-refractivity contribution in [2.45, 2.75) is 6.92 Å². The lowest BCUT2D eigenvalue weighted by atomic mass is 10.1. The zero-order valence-corrected chi connectivity index (χ0v) is 11.0. The van der Waals surface area contributed by atoms with Crippen molar-refractivity contribution in [2.24, 2.45) is 0 Å². The van der Waals surface area contributed by atoms with Gasteiger partial charge in [0.15, 0.2) is 5.69 Å². The standard InChI is InChI=1S/C13H13NO3S/c1-3-17-13(15)11-12(18-8-14-11)9-5-4-6-10(7-9)16-2/h4-8H,3H2,1-2H3. The van der Waals surface area contributed by atoms with Gasteiger partial charge in [0.1, 0.15) is 5.75 Å². The number of thiazole rings is 1. The van der Waals surface area contributed by atoms with Gasteiger partial charge in [0, 0.05) is 0 Å². The van der Waals surface area contributed by atoms with Crippen LogP contribution in [0.3, 0.4) is 0 Å². The van der Waals surface area contributed by atoms with Gasteiger partial charge in [0.25, 0.3) is 0 Å². The van der Waals surface area contributed by atoms with E-state index < -0.39 is 5.97 Å². The maximum atomic E-state index is 11.7. The Morgan fingerprint density at radius 3 is 3.00 bits per heavy atom. The molecule has 4 nitrogen and oxygen atoms in total. The molecule has 0 saturated heterocycles. The third-order valence-electron chi connectivity index (χ3n) is 2.37. The fraction of sp³-hybridized carbons (Fsp3) is 0.231. The van der Waals surface area contributed by atoms with Crippen LogP contribution in [0.2, 0.25) is 0 Å². The molecule has 0 aliphatic rings. The first-order valence-corrected chi connectivity index (χ1v) is 6.39. The molecule has 1 aromatic carbocycles. The lowest BCUT2D eigenvalue weighted by Crippen LogP contribution is -2.06. The predicted octanol–water partition coefficient (Wildman–Crippen LogP) is 3.00. The molecule has 0 saturated carbocycles. The molecule has 5 heteroatoms. The molecule has 0 bridgehead atoms. The smallest absolute Gasteiger partial charge is 0.358 e. The first-order chi connectivity index (χ1) is 8.76. The minimum absolute atomic E-state index is 0.341. The van der Waals surface area contributed by atoms with Crippen LogP contribution in [0.1, 0.15) is 17.4 Å². The summed E-state index contributed by atoms with van der Waals surface area (Å²) in [6, 6.07) is 7.52. The topological polar surface area (TPSA) is 48.4 Å². The Labute approximate surface area is 109 Å². The van der Waals surface area contributed by atoms with Gasteiger partial charge in [0.05, 0.1) is 24.1 Å². The molecule has 18 heavy (non-hydrogen) atoms. The van der Waals surface area contributed by atoms with Gasteiger partial charge < -0.3 is 9.47 Å². The largest absolute Gasteiger partial charge is 0.497 e. The van der Waals surface area contributed by atoms with Gasteiger partial charge in [-0.05, 0) is 24.6 Å². The summed E-state index contributed by atoms with van der Waals surface area (Å²) in [4.78, 5) is 16.6. The number of aromatic nitrogens is 1.